The fraction of sp³-hybridized carbons (Fsp3) is 0.909. The lowest BCUT2D eigenvalue weighted by Gasteiger charge is -2.34. The summed E-state index contributed by atoms with van der Waals surface area (Å²) in [6.45, 7) is 0. The van der Waals surface area contributed by atoms with E-state index >= 15 is 0 Å². The van der Waals surface area contributed by atoms with E-state index in [1.54, 1.807) is 0 Å². The zero-order valence-corrected chi connectivity index (χ0v) is 10.2. The molecule has 0 unspecified atom stereocenters. The van der Waals surface area contributed by atoms with Crippen LogP contribution in [0.4, 0.5) is 0 Å². The fourth-order valence-electron chi connectivity index (χ4n) is 2.64. The van der Waals surface area contributed by atoms with Gasteiger partial charge < -0.3 is 0 Å². The van der Waals surface area contributed by atoms with Crippen LogP contribution in [0.3, 0.4) is 0 Å². The molecule has 1 aliphatic heterocycles. The molecule has 0 atom stereocenters. The van der Waals surface area contributed by atoms with Crippen LogP contribution in [0, 0.1) is 11.3 Å². The van der Waals surface area contributed by atoms with Crippen LogP contribution in [0.5, 0.6) is 0 Å². The minimum Gasteiger partial charge on any atom is -0.297 e. The Bertz CT molecular complexity index is 377. The summed E-state index contributed by atoms with van der Waals surface area (Å²) in [5.74, 6) is 0.306. The number of nitrogens with one attached hydrogen (secondary N) is 1. The first-order valence-electron chi connectivity index (χ1n) is 5.95. The Balaban J connectivity index is 2.01. The molecular weight excluding hydrogens is 224 g/mol. The third-order valence-corrected chi connectivity index (χ3v) is 5.38. The molecule has 1 aliphatic carbocycles. The standard InChI is InChI=1S/C11H18N2O2S/c12-9-11(13-10-3-1-2-4-10)5-7-16(14,15)8-6-11/h10,13H,1-8H2. The Kier molecular flexibility index (Phi) is 3.22. The first-order chi connectivity index (χ1) is 7.55. The zero-order chi connectivity index (χ0) is 11.6. The van der Waals surface area contributed by atoms with E-state index in [9.17, 15) is 13.7 Å². The van der Waals surface area contributed by atoms with Crippen molar-refractivity contribution in [3.63, 3.8) is 0 Å². The number of nitrogens with zero attached hydrogens (tertiary/aromatic N) is 1. The van der Waals surface area contributed by atoms with Gasteiger partial charge in [-0.2, -0.15) is 5.26 Å². The van der Waals surface area contributed by atoms with Crippen LogP contribution < -0.4 is 5.32 Å². The number of nitriles is 1. The lowest BCUT2D eigenvalue weighted by molar-refractivity contribution is 0.328. The van der Waals surface area contributed by atoms with Crippen molar-refractivity contribution < 1.29 is 8.42 Å². The molecule has 1 saturated carbocycles. The molecule has 0 aromatic carbocycles. The Labute approximate surface area is 96.9 Å². The predicted molar refractivity (Wildman–Crippen MR) is 61.6 cm³/mol. The summed E-state index contributed by atoms with van der Waals surface area (Å²) in [6.07, 6.45) is 5.58. The summed E-state index contributed by atoms with van der Waals surface area (Å²) in [7, 11) is -2.89. The molecule has 2 fully saturated rings. The second-order valence-electron chi connectivity index (χ2n) is 4.97. The van der Waals surface area contributed by atoms with Crippen LogP contribution in [0.1, 0.15) is 38.5 Å². The van der Waals surface area contributed by atoms with Crippen LogP contribution >= 0.6 is 0 Å². The van der Waals surface area contributed by atoms with Gasteiger partial charge in [0.1, 0.15) is 5.54 Å². The van der Waals surface area contributed by atoms with Crippen molar-refractivity contribution in [3.05, 3.63) is 0 Å². The van der Waals surface area contributed by atoms with Gasteiger partial charge in [-0.05, 0) is 25.7 Å². The van der Waals surface area contributed by atoms with Gasteiger partial charge in [-0.25, -0.2) is 8.42 Å². The molecule has 0 aromatic rings. The maximum atomic E-state index is 11.4. The Morgan fingerprint density at radius 2 is 1.75 bits per heavy atom. The Hall–Kier alpha value is -0.600. The quantitative estimate of drug-likeness (QED) is 0.784. The average molecular weight is 242 g/mol. The van der Waals surface area contributed by atoms with Crippen LogP contribution in [0.2, 0.25) is 0 Å². The highest BCUT2D eigenvalue weighted by Crippen LogP contribution is 2.27. The molecule has 0 radical (unpaired) electrons. The van der Waals surface area contributed by atoms with Crippen LogP contribution in [-0.2, 0) is 9.84 Å². The molecule has 0 amide bonds. The summed E-state index contributed by atoms with van der Waals surface area (Å²) in [5.41, 5.74) is -0.583. The van der Waals surface area contributed by atoms with E-state index in [4.69, 9.17) is 0 Å². The molecule has 1 heterocycles. The van der Waals surface area contributed by atoms with Crippen molar-refractivity contribution in [2.75, 3.05) is 11.5 Å². The second-order valence-corrected chi connectivity index (χ2v) is 7.28. The minimum absolute atomic E-state index is 0.153. The lowest BCUT2D eigenvalue weighted by Crippen LogP contribution is -2.53. The summed E-state index contributed by atoms with van der Waals surface area (Å²) < 4.78 is 22.7. The van der Waals surface area contributed by atoms with Crippen molar-refractivity contribution in [2.45, 2.75) is 50.1 Å². The molecule has 0 spiro atoms. The van der Waals surface area contributed by atoms with Crippen molar-refractivity contribution in [3.8, 4) is 6.07 Å². The van der Waals surface area contributed by atoms with Gasteiger partial charge in [0.15, 0.2) is 9.84 Å². The predicted octanol–water partition coefficient (Wildman–Crippen LogP) is 0.990. The summed E-state index contributed by atoms with van der Waals surface area (Å²) in [4.78, 5) is 0. The van der Waals surface area contributed by atoms with Gasteiger partial charge in [0.25, 0.3) is 0 Å². The maximum absolute atomic E-state index is 11.4. The monoisotopic (exact) mass is 242 g/mol. The molecule has 2 aliphatic rings. The number of hydrogen-bond acceptors (Lipinski definition) is 4. The summed E-state index contributed by atoms with van der Waals surface area (Å²) in [6, 6.07) is 2.72. The lowest BCUT2D eigenvalue weighted by atomic mass is 9.92. The van der Waals surface area contributed by atoms with Gasteiger partial charge >= 0.3 is 0 Å². The van der Waals surface area contributed by atoms with Crippen molar-refractivity contribution in [1.82, 2.24) is 5.32 Å². The van der Waals surface area contributed by atoms with E-state index in [1.165, 1.54) is 12.8 Å². The number of sulfone groups is 1. The third kappa shape index (κ3) is 2.55. The molecule has 16 heavy (non-hydrogen) atoms. The smallest absolute Gasteiger partial charge is 0.150 e. The SMILES string of the molecule is N#CC1(NC2CCCC2)CCS(=O)(=O)CC1. The molecular formula is C11H18N2O2S. The van der Waals surface area contributed by atoms with Crippen molar-refractivity contribution >= 4 is 9.84 Å². The van der Waals surface area contributed by atoms with Gasteiger partial charge in [-0.1, -0.05) is 12.8 Å². The minimum atomic E-state index is -2.89. The van der Waals surface area contributed by atoms with Crippen molar-refractivity contribution in [1.29, 1.82) is 5.26 Å². The molecule has 0 aromatic heterocycles. The molecule has 90 valence electrons. The molecule has 2 rings (SSSR count). The van der Waals surface area contributed by atoms with E-state index in [-0.39, 0.29) is 11.5 Å². The Morgan fingerprint density at radius 3 is 2.25 bits per heavy atom. The van der Waals surface area contributed by atoms with Gasteiger partial charge in [0.2, 0.25) is 0 Å². The highest BCUT2D eigenvalue weighted by Gasteiger charge is 2.39. The van der Waals surface area contributed by atoms with Crippen LogP contribution in [-0.4, -0.2) is 31.5 Å². The summed E-state index contributed by atoms with van der Waals surface area (Å²) >= 11 is 0. The van der Waals surface area contributed by atoms with Crippen LogP contribution in [0.15, 0.2) is 0 Å². The first-order valence-corrected chi connectivity index (χ1v) is 7.77. The molecule has 5 heteroatoms. The average Bonchev–Trinajstić information content (AvgIpc) is 2.74. The topological polar surface area (TPSA) is 70.0 Å². The highest BCUT2D eigenvalue weighted by molar-refractivity contribution is 7.91. The van der Waals surface area contributed by atoms with Crippen molar-refractivity contribution in [2.24, 2.45) is 0 Å². The maximum Gasteiger partial charge on any atom is 0.150 e. The number of rotatable bonds is 2. The first kappa shape index (κ1) is 11.9. The zero-order valence-electron chi connectivity index (χ0n) is 9.41. The molecule has 1 saturated heterocycles. The number of hydrogen-bond donors (Lipinski definition) is 1. The second kappa shape index (κ2) is 4.34. The molecule has 0 bridgehead atoms. The Morgan fingerprint density at radius 1 is 1.19 bits per heavy atom. The van der Waals surface area contributed by atoms with Gasteiger partial charge in [0, 0.05) is 6.04 Å². The molecule has 4 nitrogen and oxygen atoms in total. The highest BCUT2D eigenvalue weighted by atomic mass is 32.2. The van der Waals surface area contributed by atoms with Gasteiger partial charge in [0.05, 0.1) is 17.6 Å². The normalized spacial score (nSPS) is 28.7. The molecule has 1 N–H and O–H groups in total. The fourth-order valence-corrected chi connectivity index (χ4v) is 4.16. The van der Waals surface area contributed by atoms with E-state index in [2.05, 4.69) is 11.4 Å². The van der Waals surface area contributed by atoms with Crippen LogP contribution in [0.25, 0.3) is 0 Å². The summed E-state index contributed by atoms with van der Waals surface area (Å²) in [5, 5.41) is 12.7. The van der Waals surface area contributed by atoms with Gasteiger partial charge in [-0.3, -0.25) is 5.32 Å². The van der Waals surface area contributed by atoms with E-state index in [1.807, 2.05) is 0 Å². The largest absolute Gasteiger partial charge is 0.297 e. The van der Waals surface area contributed by atoms with E-state index in [0.29, 0.717) is 18.9 Å². The van der Waals surface area contributed by atoms with E-state index in [0.717, 1.165) is 12.8 Å². The third-order valence-electron chi connectivity index (χ3n) is 3.73. The van der Waals surface area contributed by atoms with E-state index < -0.39 is 15.4 Å². The van der Waals surface area contributed by atoms with Gasteiger partial charge in [-0.15, -0.1) is 0 Å².